The summed E-state index contributed by atoms with van der Waals surface area (Å²) in [5, 5.41) is 9.54. The van der Waals surface area contributed by atoms with Gasteiger partial charge in [-0.3, -0.25) is 9.59 Å². The number of carbonyl (C=O) groups is 2. The average molecular weight is 238 g/mol. The lowest BCUT2D eigenvalue weighted by Gasteiger charge is -2.11. The third-order valence-electron chi connectivity index (χ3n) is 3.47. The Labute approximate surface area is 103 Å². The molecular formula is C14H22O3. The summed E-state index contributed by atoms with van der Waals surface area (Å²) in [6.07, 6.45) is 6.51. The molecule has 0 aromatic carbocycles. The van der Waals surface area contributed by atoms with Crippen LogP contribution in [0, 0.1) is 11.8 Å². The molecule has 0 saturated heterocycles. The number of allylic oxidation sites excluding steroid dienone is 2. The summed E-state index contributed by atoms with van der Waals surface area (Å²) in [5.41, 5.74) is 0. The predicted molar refractivity (Wildman–Crippen MR) is 66.6 cm³/mol. The first-order chi connectivity index (χ1) is 8.06. The van der Waals surface area contributed by atoms with E-state index in [-0.39, 0.29) is 29.8 Å². The van der Waals surface area contributed by atoms with Crippen LogP contribution in [0.25, 0.3) is 0 Å². The van der Waals surface area contributed by atoms with Crippen molar-refractivity contribution in [2.75, 3.05) is 0 Å². The molecule has 3 heteroatoms. The molecule has 1 rings (SSSR count). The second-order valence-electron chi connectivity index (χ2n) is 4.91. The number of hydrogen-bond acceptors (Lipinski definition) is 3. The van der Waals surface area contributed by atoms with E-state index in [1.54, 1.807) is 6.08 Å². The van der Waals surface area contributed by atoms with Crippen LogP contribution in [-0.2, 0) is 9.59 Å². The van der Waals surface area contributed by atoms with Crippen LogP contribution in [-0.4, -0.2) is 22.8 Å². The van der Waals surface area contributed by atoms with Crippen LogP contribution < -0.4 is 0 Å². The van der Waals surface area contributed by atoms with Crippen LogP contribution in [0.5, 0.6) is 0 Å². The summed E-state index contributed by atoms with van der Waals surface area (Å²) in [6, 6.07) is 0. The molecule has 1 fully saturated rings. The van der Waals surface area contributed by atoms with Gasteiger partial charge in [-0.1, -0.05) is 32.8 Å². The second-order valence-corrected chi connectivity index (χ2v) is 4.91. The fourth-order valence-corrected chi connectivity index (χ4v) is 2.19. The van der Waals surface area contributed by atoms with Crippen molar-refractivity contribution in [2.45, 2.75) is 52.1 Å². The minimum absolute atomic E-state index is 0.0441. The Morgan fingerprint density at radius 1 is 1.47 bits per heavy atom. The fourth-order valence-electron chi connectivity index (χ4n) is 2.19. The van der Waals surface area contributed by atoms with E-state index in [4.69, 9.17) is 0 Å². The standard InChI is InChI=1S/C14H22O3/c1-3-4-5-6-11(15)7-8-12-10(2)13(16)9-14(12)17/h7-8,10,12-13,16H,3-6,9H2,1-2H3/b8-7+/t10-,12-,13+/m1/s1. The van der Waals surface area contributed by atoms with Gasteiger partial charge < -0.3 is 5.11 Å². The van der Waals surface area contributed by atoms with E-state index in [0.29, 0.717) is 6.42 Å². The summed E-state index contributed by atoms with van der Waals surface area (Å²) >= 11 is 0. The second kappa shape index (κ2) is 6.70. The first kappa shape index (κ1) is 14.1. The lowest BCUT2D eigenvalue weighted by atomic mass is 9.95. The first-order valence-electron chi connectivity index (χ1n) is 6.48. The number of ketones is 2. The Morgan fingerprint density at radius 3 is 2.71 bits per heavy atom. The van der Waals surface area contributed by atoms with Gasteiger partial charge in [0, 0.05) is 18.8 Å². The van der Waals surface area contributed by atoms with Crippen molar-refractivity contribution >= 4 is 11.6 Å². The molecule has 0 spiro atoms. The monoisotopic (exact) mass is 238 g/mol. The predicted octanol–water partition coefficient (Wildman–Crippen LogP) is 2.28. The lowest BCUT2D eigenvalue weighted by Crippen LogP contribution is -2.15. The highest BCUT2D eigenvalue weighted by Crippen LogP contribution is 2.29. The minimum atomic E-state index is -0.549. The highest BCUT2D eigenvalue weighted by atomic mass is 16.3. The van der Waals surface area contributed by atoms with Gasteiger partial charge in [0.25, 0.3) is 0 Å². The van der Waals surface area contributed by atoms with Gasteiger partial charge in [0.2, 0.25) is 0 Å². The summed E-state index contributed by atoms with van der Waals surface area (Å²) in [4.78, 5) is 23.1. The molecule has 3 atom stereocenters. The molecular weight excluding hydrogens is 216 g/mol. The van der Waals surface area contributed by atoms with E-state index in [9.17, 15) is 14.7 Å². The largest absolute Gasteiger partial charge is 0.392 e. The van der Waals surface area contributed by atoms with Crippen molar-refractivity contribution in [2.24, 2.45) is 11.8 Å². The molecule has 0 amide bonds. The zero-order valence-corrected chi connectivity index (χ0v) is 10.7. The van der Waals surface area contributed by atoms with Crippen molar-refractivity contribution < 1.29 is 14.7 Å². The molecule has 17 heavy (non-hydrogen) atoms. The topological polar surface area (TPSA) is 54.4 Å². The number of Topliss-reactive ketones (excluding diaryl/α,β-unsaturated/α-hetero) is 1. The lowest BCUT2D eigenvalue weighted by molar-refractivity contribution is -0.120. The van der Waals surface area contributed by atoms with Crippen LogP contribution in [0.3, 0.4) is 0 Å². The maximum Gasteiger partial charge on any atom is 0.155 e. The number of aliphatic hydroxyl groups excluding tert-OH is 1. The zero-order chi connectivity index (χ0) is 12.8. The highest BCUT2D eigenvalue weighted by Gasteiger charge is 2.36. The van der Waals surface area contributed by atoms with E-state index in [2.05, 4.69) is 6.92 Å². The number of carbonyl (C=O) groups excluding carboxylic acids is 2. The van der Waals surface area contributed by atoms with E-state index in [0.717, 1.165) is 19.3 Å². The molecule has 96 valence electrons. The van der Waals surface area contributed by atoms with Crippen molar-refractivity contribution in [3.05, 3.63) is 12.2 Å². The third-order valence-corrected chi connectivity index (χ3v) is 3.47. The maximum atomic E-state index is 11.5. The molecule has 0 bridgehead atoms. The molecule has 0 radical (unpaired) electrons. The summed E-state index contributed by atoms with van der Waals surface area (Å²) in [5.74, 6) is -0.218. The van der Waals surface area contributed by atoms with Crippen molar-refractivity contribution in [3.63, 3.8) is 0 Å². The van der Waals surface area contributed by atoms with Gasteiger partial charge in [0.1, 0.15) is 5.78 Å². The molecule has 1 aliphatic rings. The van der Waals surface area contributed by atoms with E-state index in [1.165, 1.54) is 6.08 Å². The summed E-state index contributed by atoms with van der Waals surface area (Å²) in [6.45, 7) is 3.95. The molecule has 0 aliphatic heterocycles. The number of unbranched alkanes of at least 4 members (excludes halogenated alkanes) is 2. The molecule has 1 N–H and O–H groups in total. The van der Waals surface area contributed by atoms with Crippen molar-refractivity contribution in [1.29, 1.82) is 0 Å². The minimum Gasteiger partial charge on any atom is -0.392 e. The van der Waals surface area contributed by atoms with E-state index >= 15 is 0 Å². The molecule has 1 aliphatic carbocycles. The number of rotatable bonds is 6. The van der Waals surface area contributed by atoms with Crippen LogP contribution in [0.15, 0.2) is 12.2 Å². The number of hydrogen-bond donors (Lipinski definition) is 1. The smallest absolute Gasteiger partial charge is 0.155 e. The van der Waals surface area contributed by atoms with Crippen LogP contribution in [0.1, 0.15) is 46.0 Å². The average Bonchev–Trinajstić information content (AvgIpc) is 2.51. The van der Waals surface area contributed by atoms with Gasteiger partial charge in [-0.15, -0.1) is 0 Å². The molecule has 0 heterocycles. The number of aliphatic hydroxyl groups is 1. The Hall–Kier alpha value is -0.960. The quantitative estimate of drug-likeness (QED) is 0.570. The highest BCUT2D eigenvalue weighted by molar-refractivity contribution is 5.92. The summed E-state index contributed by atoms with van der Waals surface area (Å²) in [7, 11) is 0. The van der Waals surface area contributed by atoms with Gasteiger partial charge >= 0.3 is 0 Å². The SMILES string of the molecule is CCCCCC(=O)/C=C/[C@H]1C(=O)C[C@H](O)[C@@H]1C. The van der Waals surface area contributed by atoms with Gasteiger partial charge in [0.15, 0.2) is 5.78 Å². The van der Waals surface area contributed by atoms with Crippen LogP contribution in [0.2, 0.25) is 0 Å². The van der Waals surface area contributed by atoms with E-state index in [1.807, 2.05) is 6.92 Å². The Kier molecular flexibility index (Phi) is 5.56. The molecule has 0 unspecified atom stereocenters. The Balaban J connectivity index is 2.42. The van der Waals surface area contributed by atoms with Gasteiger partial charge in [-0.25, -0.2) is 0 Å². The molecule has 3 nitrogen and oxygen atoms in total. The normalized spacial score (nSPS) is 29.1. The molecule has 1 saturated carbocycles. The maximum absolute atomic E-state index is 11.5. The van der Waals surface area contributed by atoms with Gasteiger partial charge in [0.05, 0.1) is 6.10 Å². The first-order valence-corrected chi connectivity index (χ1v) is 6.48. The van der Waals surface area contributed by atoms with Gasteiger partial charge in [-0.2, -0.15) is 0 Å². The molecule has 0 aromatic heterocycles. The fraction of sp³-hybridized carbons (Fsp3) is 0.714. The Morgan fingerprint density at radius 2 is 2.18 bits per heavy atom. The van der Waals surface area contributed by atoms with Gasteiger partial charge in [-0.05, 0) is 18.4 Å². The molecule has 0 aromatic rings. The van der Waals surface area contributed by atoms with E-state index < -0.39 is 6.10 Å². The van der Waals surface area contributed by atoms with Crippen LogP contribution in [0.4, 0.5) is 0 Å². The third kappa shape index (κ3) is 4.08. The van der Waals surface area contributed by atoms with Crippen LogP contribution >= 0.6 is 0 Å². The summed E-state index contributed by atoms with van der Waals surface area (Å²) < 4.78 is 0. The van der Waals surface area contributed by atoms with Crippen molar-refractivity contribution in [3.8, 4) is 0 Å². The zero-order valence-electron chi connectivity index (χ0n) is 10.7. The Bertz CT molecular complexity index is 307. The van der Waals surface area contributed by atoms with Crippen molar-refractivity contribution in [1.82, 2.24) is 0 Å².